The SMILES string of the molecule is Cc1cc(C)c(N2c3ccsc3Oc3sccc32)c(C)c1. The maximum absolute atomic E-state index is 6.01. The van der Waals surface area contributed by atoms with Crippen LogP contribution in [0.1, 0.15) is 16.7 Å². The third-order valence-corrected chi connectivity index (χ3v) is 5.30. The number of rotatable bonds is 1. The molecule has 0 N–H and O–H groups in total. The zero-order valence-corrected chi connectivity index (χ0v) is 13.8. The minimum atomic E-state index is 0.976. The highest BCUT2D eigenvalue weighted by molar-refractivity contribution is 7.14. The Kier molecular flexibility index (Phi) is 2.84. The molecule has 1 aromatic carbocycles. The minimum absolute atomic E-state index is 0.976. The second-order valence-electron chi connectivity index (χ2n) is 5.37. The predicted octanol–water partition coefficient (Wildman–Crippen LogP) is 6.31. The highest BCUT2D eigenvalue weighted by Gasteiger charge is 2.29. The van der Waals surface area contributed by atoms with Crippen molar-refractivity contribution in [1.29, 1.82) is 0 Å². The molecule has 0 atom stereocenters. The van der Waals surface area contributed by atoms with Crippen molar-refractivity contribution in [2.24, 2.45) is 0 Å². The van der Waals surface area contributed by atoms with E-state index < -0.39 is 0 Å². The smallest absolute Gasteiger partial charge is 0.206 e. The topological polar surface area (TPSA) is 12.5 Å². The lowest BCUT2D eigenvalue weighted by molar-refractivity contribution is 0.505. The van der Waals surface area contributed by atoms with Gasteiger partial charge in [-0.25, -0.2) is 0 Å². The van der Waals surface area contributed by atoms with Gasteiger partial charge < -0.3 is 9.64 Å². The number of ether oxygens (including phenoxy) is 1. The number of fused-ring (bicyclic) bond motifs is 2. The highest BCUT2D eigenvalue weighted by Crippen LogP contribution is 2.55. The first kappa shape index (κ1) is 12.9. The van der Waals surface area contributed by atoms with E-state index in [1.807, 2.05) is 0 Å². The van der Waals surface area contributed by atoms with Crippen LogP contribution in [-0.4, -0.2) is 0 Å². The molecule has 4 heteroatoms. The normalized spacial score (nSPS) is 12.8. The fourth-order valence-electron chi connectivity index (χ4n) is 3.04. The molecule has 0 fully saturated rings. The molecule has 2 aromatic heterocycles. The van der Waals surface area contributed by atoms with Gasteiger partial charge in [0.15, 0.2) is 0 Å². The second kappa shape index (κ2) is 4.61. The lowest BCUT2D eigenvalue weighted by Gasteiger charge is -2.31. The molecule has 0 aliphatic carbocycles. The van der Waals surface area contributed by atoms with E-state index in [0.29, 0.717) is 0 Å². The summed E-state index contributed by atoms with van der Waals surface area (Å²) in [7, 11) is 0. The number of aryl methyl sites for hydroxylation is 3. The molecular weight excluding hydrogens is 298 g/mol. The van der Waals surface area contributed by atoms with Crippen LogP contribution in [-0.2, 0) is 0 Å². The predicted molar refractivity (Wildman–Crippen MR) is 91.2 cm³/mol. The van der Waals surface area contributed by atoms with Crippen LogP contribution < -0.4 is 9.64 Å². The summed E-state index contributed by atoms with van der Waals surface area (Å²) in [6, 6.07) is 8.77. The molecule has 0 radical (unpaired) electrons. The Morgan fingerprint density at radius 2 is 1.38 bits per heavy atom. The van der Waals surface area contributed by atoms with Gasteiger partial charge in [-0.2, -0.15) is 0 Å². The first-order valence-electron chi connectivity index (χ1n) is 6.86. The first-order valence-corrected chi connectivity index (χ1v) is 8.62. The van der Waals surface area contributed by atoms with Gasteiger partial charge in [-0.05, 0) is 54.8 Å². The van der Waals surface area contributed by atoms with E-state index in [-0.39, 0.29) is 0 Å². The lowest BCUT2D eigenvalue weighted by atomic mass is 10.0. The Hall–Kier alpha value is -1.78. The highest BCUT2D eigenvalue weighted by atomic mass is 32.1. The third-order valence-electron chi connectivity index (χ3n) is 3.75. The largest absolute Gasteiger partial charge is 0.432 e. The van der Waals surface area contributed by atoms with Crippen molar-refractivity contribution in [2.45, 2.75) is 20.8 Å². The number of anilines is 3. The molecule has 0 bridgehead atoms. The van der Waals surface area contributed by atoms with Gasteiger partial charge in [-0.15, -0.1) is 22.7 Å². The summed E-state index contributed by atoms with van der Waals surface area (Å²) in [6.07, 6.45) is 0. The van der Waals surface area contributed by atoms with E-state index in [1.54, 1.807) is 22.7 Å². The number of hydrogen-bond acceptors (Lipinski definition) is 4. The molecule has 0 amide bonds. The summed E-state index contributed by atoms with van der Waals surface area (Å²) in [5.74, 6) is 0. The van der Waals surface area contributed by atoms with E-state index >= 15 is 0 Å². The third kappa shape index (κ3) is 1.90. The summed E-state index contributed by atoms with van der Waals surface area (Å²) in [5, 5.41) is 6.13. The molecule has 0 unspecified atom stereocenters. The Morgan fingerprint density at radius 3 is 1.90 bits per heavy atom. The fraction of sp³-hybridized carbons (Fsp3) is 0.176. The average molecular weight is 313 g/mol. The Labute approximate surface area is 132 Å². The van der Waals surface area contributed by atoms with E-state index in [4.69, 9.17) is 4.74 Å². The first-order chi connectivity index (χ1) is 10.1. The molecule has 0 saturated carbocycles. The summed E-state index contributed by atoms with van der Waals surface area (Å²) in [4.78, 5) is 2.34. The van der Waals surface area contributed by atoms with Gasteiger partial charge >= 0.3 is 0 Å². The van der Waals surface area contributed by atoms with Crippen molar-refractivity contribution < 1.29 is 4.74 Å². The Balaban J connectivity index is 2.00. The van der Waals surface area contributed by atoms with Gasteiger partial charge in [-0.3, -0.25) is 0 Å². The van der Waals surface area contributed by atoms with Crippen molar-refractivity contribution in [1.82, 2.24) is 0 Å². The van der Waals surface area contributed by atoms with Crippen molar-refractivity contribution in [2.75, 3.05) is 4.90 Å². The van der Waals surface area contributed by atoms with Gasteiger partial charge in [0, 0.05) is 0 Å². The molecule has 1 aliphatic heterocycles. The lowest BCUT2D eigenvalue weighted by Crippen LogP contribution is -2.15. The molecule has 21 heavy (non-hydrogen) atoms. The van der Waals surface area contributed by atoms with Gasteiger partial charge in [0.05, 0.1) is 5.69 Å². The van der Waals surface area contributed by atoms with Crippen molar-refractivity contribution >= 4 is 39.7 Å². The zero-order chi connectivity index (χ0) is 14.6. The van der Waals surface area contributed by atoms with Crippen LogP contribution in [0, 0.1) is 20.8 Å². The maximum atomic E-state index is 6.01. The van der Waals surface area contributed by atoms with Crippen molar-refractivity contribution in [3.05, 3.63) is 51.7 Å². The summed E-state index contributed by atoms with van der Waals surface area (Å²) in [5.41, 5.74) is 7.44. The number of hydrogen-bond donors (Lipinski definition) is 0. The molecule has 3 aromatic rings. The van der Waals surface area contributed by atoms with Crippen molar-refractivity contribution in [3.63, 3.8) is 0 Å². The molecular formula is C17H15NOS2. The van der Waals surface area contributed by atoms with Crippen molar-refractivity contribution in [3.8, 4) is 10.1 Å². The zero-order valence-electron chi connectivity index (χ0n) is 12.1. The molecule has 2 nitrogen and oxygen atoms in total. The van der Waals surface area contributed by atoms with Gasteiger partial charge in [-0.1, -0.05) is 17.7 Å². The van der Waals surface area contributed by atoms with Gasteiger partial charge in [0.1, 0.15) is 11.4 Å². The quantitative estimate of drug-likeness (QED) is 0.408. The standard InChI is InChI=1S/C17H15NOS2/c1-10-8-11(2)15(12(3)9-10)18-13-4-6-20-16(13)19-17-14(18)5-7-21-17/h4-9H,1-3H3. The second-order valence-corrected chi connectivity index (χ2v) is 7.13. The number of thiophene rings is 2. The summed E-state index contributed by atoms with van der Waals surface area (Å²) >= 11 is 3.30. The fourth-order valence-corrected chi connectivity index (χ4v) is 4.56. The Morgan fingerprint density at radius 1 is 0.857 bits per heavy atom. The van der Waals surface area contributed by atoms with E-state index in [0.717, 1.165) is 21.5 Å². The van der Waals surface area contributed by atoms with Crippen LogP contribution >= 0.6 is 22.7 Å². The maximum Gasteiger partial charge on any atom is 0.206 e. The number of nitrogens with zero attached hydrogens (tertiary/aromatic N) is 1. The average Bonchev–Trinajstić information content (AvgIpc) is 3.04. The molecule has 3 heterocycles. The molecule has 0 spiro atoms. The van der Waals surface area contributed by atoms with Gasteiger partial charge in [0.2, 0.25) is 10.1 Å². The van der Waals surface area contributed by atoms with E-state index in [2.05, 4.69) is 60.7 Å². The Bertz CT molecular complexity index is 768. The van der Waals surface area contributed by atoms with Crippen LogP contribution in [0.3, 0.4) is 0 Å². The van der Waals surface area contributed by atoms with Crippen LogP contribution in [0.4, 0.5) is 17.1 Å². The van der Waals surface area contributed by atoms with Crippen LogP contribution in [0.25, 0.3) is 0 Å². The summed E-state index contributed by atoms with van der Waals surface area (Å²) < 4.78 is 6.01. The van der Waals surface area contributed by atoms with E-state index in [9.17, 15) is 0 Å². The summed E-state index contributed by atoms with van der Waals surface area (Å²) in [6.45, 7) is 6.51. The van der Waals surface area contributed by atoms with E-state index in [1.165, 1.54) is 22.4 Å². The molecule has 106 valence electrons. The van der Waals surface area contributed by atoms with Gasteiger partial charge in [0.25, 0.3) is 0 Å². The number of benzene rings is 1. The van der Waals surface area contributed by atoms with Crippen LogP contribution in [0.2, 0.25) is 0 Å². The molecule has 0 saturated heterocycles. The molecule has 4 rings (SSSR count). The minimum Gasteiger partial charge on any atom is -0.432 e. The van der Waals surface area contributed by atoms with Crippen LogP contribution in [0.15, 0.2) is 35.0 Å². The molecule has 1 aliphatic rings. The monoisotopic (exact) mass is 313 g/mol. The van der Waals surface area contributed by atoms with Crippen LogP contribution in [0.5, 0.6) is 10.1 Å².